The Balaban J connectivity index is 0.00000180. The van der Waals surface area contributed by atoms with Crippen LogP contribution in [0.5, 0.6) is 0 Å². The maximum Gasteiger partial charge on any atom is 0.256 e. The first kappa shape index (κ1) is 16.2. The number of amides is 1. The van der Waals surface area contributed by atoms with Crippen molar-refractivity contribution in [3.05, 3.63) is 34.6 Å². The van der Waals surface area contributed by atoms with Crippen LogP contribution in [-0.4, -0.2) is 30.4 Å². The Bertz CT molecular complexity index is 456. The minimum Gasteiger partial charge on any atom is -0.338 e. The van der Waals surface area contributed by atoms with Crippen LogP contribution in [0, 0.1) is 11.7 Å². The highest BCUT2D eigenvalue weighted by molar-refractivity contribution is 6.31. The fourth-order valence-electron chi connectivity index (χ4n) is 2.27. The molecule has 2 rings (SSSR count). The van der Waals surface area contributed by atoms with Crippen molar-refractivity contribution < 1.29 is 9.18 Å². The highest BCUT2D eigenvalue weighted by atomic mass is 35.5. The van der Waals surface area contributed by atoms with Gasteiger partial charge in [-0.3, -0.25) is 4.79 Å². The molecule has 1 atom stereocenters. The average molecular weight is 307 g/mol. The maximum absolute atomic E-state index is 13.6. The molecular formula is C13H17Cl2FN2O. The summed E-state index contributed by atoms with van der Waals surface area (Å²) in [5.41, 5.74) is 5.67. The van der Waals surface area contributed by atoms with E-state index in [4.69, 9.17) is 17.3 Å². The van der Waals surface area contributed by atoms with Crippen molar-refractivity contribution in [1.29, 1.82) is 0 Å². The predicted molar refractivity (Wildman–Crippen MR) is 76.3 cm³/mol. The molecule has 1 amide bonds. The van der Waals surface area contributed by atoms with Crippen LogP contribution < -0.4 is 5.73 Å². The number of hydrogen-bond acceptors (Lipinski definition) is 2. The Morgan fingerprint density at radius 2 is 2.26 bits per heavy atom. The van der Waals surface area contributed by atoms with Gasteiger partial charge >= 0.3 is 0 Å². The molecule has 0 aromatic heterocycles. The van der Waals surface area contributed by atoms with E-state index in [2.05, 4.69) is 0 Å². The molecule has 6 heteroatoms. The number of nitrogens with zero attached hydrogens (tertiary/aromatic N) is 1. The standard InChI is InChI=1S/C13H16ClFN2O.ClH/c14-10-3-4-12(15)11(6-10)13(18)17-5-1-2-9(7-16)8-17;/h3-4,6,9H,1-2,5,7-8,16H2;1H. The number of hydrogen-bond donors (Lipinski definition) is 1. The van der Waals surface area contributed by atoms with Crippen molar-refractivity contribution in [1.82, 2.24) is 4.90 Å². The monoisotopic (exact) mass is 306 g/mol. The second kappa shape index (κ2) is 7.08. The molecule has 0 spiro atoms. The first-order valence-corrected chi connectivity index (χ1v) is 6.44. The number of rotatable bonds is 2. The molecular weight excluding hydrogens is 290 g/mol. The summed E-state index contributed by atoms with van der Waals surface area (Å²) in [5.74, 6) is -0.516. The lowest BCUT2D eigenvalue weighted by atomic mass is 9.97. The molecule has 1 aromatic rings. The molecule has 1 aromatic carbocycles. The first-order chi connectivity index (χ1) is 8.61. The van der Waals surface area contributed by atoms with E-state index < -0.39 is 5.82 Å². The van der Waals surface area contributed by atoms with Crippen molar-refractivity contribution in [2.24, 2.45) is 11.7 Å². The lowest BCUT2D eigenvalue weighted by Crippen LogP contribution is -2.42. The zero-order chi connectivity index (χ0) is 13.1. The summed E-state index contributed by atoms with van der Waals surface area (Å²) < 4.78 is 13.6. The van der Waals surface area contributed by atoms with E-state index in [-0.39, 0.29) is 23.9 Å². The Hall–Kier alpha value is -0.840. The lowest BCUT2D eigenvalue weighted by Gasteiger charge is -2.32. The van der Waals surface area contributed by atoms with Gasteiger partial charge < -0.3 is 10.6 Å². The van der Waals surface area contributed by atoms with Crippen LogP contribution in [0.4, 0.5) is 4.39 Å². The van der Waals surface area contributed by atoms with Gasteiger partial charge in [-0.05, 0) is 43.5 Å². The molecule has 1 unspecified atom stereocenters. The molecule has 2 N–H and O–H groups in total. The topological polar surface area (TPSA) is 46.3 Å². The smallest absolute Gasteiger partial charge is 0.256 e. The van der Waals surface area contributed by atoms with Crippen molar-refractivity contribution in [3.63, 3.8) is 0 Å². The third-order valence-electron chi connectivity index (χ3n) is 3.30. The average Bonchev–Trinajstić information content (AvgIpc) is 2.41. The van der Waals surface area contributed by atoms with E-state index in [1.165, 1.54) is 18.2 Å². The van der Waals surface area contributed by atoms with Gasteiger partial charge in [-0.2, -0.15) is 0 Å². The van der Waals surface area contributed by atoms with Gasteiger partial charge in [0, 0.05) is 18.1 Å². The summed E-state index contributed by atoms with van der Waals surface area (Å²) in [4.78, 5) is 13.9. The molecule has 1 aliphatic rings. The molecule has 3 nitrogen and oxygen atoms in total. The van der Waals surface area contributed by atoms with E-state index >= 15 is 0 Å². The van der Waals surface area contributed by atoms with Crippen LogP contribution >= 0.6 is 24.0 Å². The molecule has 0 bridgehead atoms. The van der Waals surface area contributed by atoms with Crippen LogP contribution in [0.1, 0.15) is 23.2 Å². The molecule has 0 aliphatic carbocycles. The summed E-state index contributed by atoms with van der Waals surface area (Å²) in [6.07, 6.45) is 1.94. The third-order valence-corrected chi connectivity index (χ3v) is 3.53. The number of carbonyl (C=O) groups is 1. The van der Waals surface area contributed by atoms with Crippen LogP contribution in [0.2, 0.25) is 5.02 Å². The van der Waals surface area contributed by atoms with Gasteiger partial charge in [-0.15, -0.1) is 12.4 Å². The second-order valence-corrected chi connectivity index (χ2v) is 5.06. The number of nitrogens with two attached hydrogens (primary N) is 1. The summed E-state index contributed by atoms with van der Waals surface area (Å²) in [5, 5.41) is 0.368. The summed E-state index contributed by atoms with van der Waals surface area (Å²) >= 11 is 5.80. The Labute approximate surface area is 123 Å². The molecule has 1 fully saturated rings. The number of piperidine rings is 1. The Kier molecular flexibility index (Phi) is 6.04. The zero-order valence-corrected chi connectivity index (χ0v) is 12.0. The maximum atomic E-state index is 13.6. The van der Waals surface area contributed by atoms with Gasteiger partial charge in [0.2, 0.25) is 0 Å². The highest BCUT2D eigenvalue weighted by Gasteiger charge is 2.25. The quantitative estimate of drug-likeness (QED) is 0.913. The first-order valence-electron chi connectivity index (χ1n) is 6.06. The van der Waals surface area contributed by atoms with E-state index in [9.17, 15) is 9.18 Å². The van der Waals surface area contributed by atoms with E-state index in [1.54, 1.807) is 4.90 Å². The van der Waals surface area contributed by atoms with Gasteiger partial charge in [0.1, 0.15) is 5.82 Å². The van der Waals surface area contributed by atoms with Crippen LogP contribution in [0.3, 0.4) is 0 Å². The molecule has 1 heterocycles. The zero-order valence-electron chi connectivity index (χ0n) is 10.4. The van der Waals surface area contributed by atoms with Gasteiger partial charge in [0.15, 0.2) is 0 Å². The van der Waals surface area contributed by atoms with Crippen molar-refractivity contribution >= 4 is 29.9 Å². The second-order valence-electron chi connectivity index (χ2n) is 4.62. The van der Waals surface area contributed by atoms with Gasteiger partial charge in [0.05, 0.1) is 5.56 Å². The van der Waals surface area contributed by atoms with E-state index in [0.29, 0.717) is 30.6 Å². The van der Waals surface area contributed by atoms with Crippen molar-refractivity contribution in [2.75, 3.05) is 19.6 Å². The number of benzene rings is 1. The van der Waals surface area contributed by atoms with Crippen LogP contribution in [-0.2, 0) is 0 Å². The van der Waals surface area contributed by atoms with Crippen LogP contribution in [0.25, 0.3) is 0 Å². The predicted octanol–water partition coefficient (Wildman–Crippen LogP) is 2.71. The summed E-state index contributed by atoms with van der Waals surface area (Å²) in [6.45, 7) is 1.81. The Morgan fingerprint density at radius 3 is 2.95 bits per heavy atom. The molecule has 1 aliphatic heterocycles. The molecule has 0 radical (unpaired) electrons. The molecule has 1 saturated heterocycles. The number of carbonyl (C=O) groups excluding carboxylic acids is 1. The molecule has 106 valence electrons. The molecule has 0 saturated carbocycles. The SMILES string of the molecule is Cl.NCC1CCCN(C(=O)c2cc(Cl)ccc2F)C1. The van der Waals surface area contributed by atoms with Gasteiger partial charge in [-0.1, -0.05) is 11.6 Å². The van der Waals surface area contributed by atoms with Crippen molar-refractivity contribution in [2.45, 2.75) is 12.8 Å². The number of likely N-dealkylation sites (tertiary alicyclic amines) is 1. The van der Waals surface area contributed by atoms with E-state index in [0.717, 1.165) is 12.8 Å². The minimum atomic E-state index is -0.528. The van der Waals surface area contributed by atoms with Gasteiger partial charge in [-0.25, -0.2) is 4.39 Å². The number of halogens is 3. The van der Waals surface area contributed by atoms with Crippen LogP contribution in [0.15, 0.2) is 18.2 Å². The summed E-state index contributed by atoms with van der Waals surface area (Å²) in [6, 6.07) is 4.04. The summed E-state index contributed by atoms with van der Waals surface area (Å²) in [7, 11) is 0. The largest absolute Gasteiger partial charge is 0.338 e. The fourth-order valence-corrected chi connectivity index (χ4v) is 2.45. The third kappa shape index (κ3) is 3.81. The van der Waals surface area contributed by atoms with Crippen molar-refractivity contribution in [3.8, 4) is 0 Å². The molecule has 19 heavy (non-hydrogen) atoms. The highest BCUT2D eigenvalue weighted by Crippen LogP contribution is 2.21. The Morgan fingerprint density at radius 1 is 1.53 bits per heavy atom. The normalized spacial score (nSPS) is 18.9. The van der Waals surface area contributed by atoms with Gasteiger partial charge in [0.25, 0.3) is 5.91 Å². The fraction of sp³-hybridized carbons (Fsp3) is 0.462. The minimum absolute atomic E-state index is 0. The lowest BCUT2D eigenvalue weighted by molar-refractivity contribution is 0.0673. The van der Waals surface area contributed by atoms with E-state index in [1.807, 2.05) is 0 Å².